The van der Waals surface area contributed by atoms with Gasteiger partial charge in [-0.1, -0.05) is 181 Å². The van der Waals surface area contributed by atoms with Crippen LogP contribution in [-0.2, 0) is 20.8 Å². The van der Waals surface area contributed by atoms with Gasteiger partial charge in [0.25, 0.3) is 0 Å². The second-order valence-corrected chi connectivity index (χ2v) is 19.4. The Kier molecular flexibility index (Phi) is 39.2. The zero-order chi connectivity index (χ0) is 45.1. The highest BCUT2D eigenvalue weighted by Crippen LogP contribution is 2.19. The molecule has 1 aliphatic rings. The smallest absolute Gasteiger partial charge is 0.306 e. The van der Waals surface area contributed by atoms with Crippen molar-refractivity contribution in [1.29, 1.82) is 0 Å². The second kappa shape index (κ2) is 42.9. The molecule has 0 aliphatic carbocycles. The molecule has 7 nitrogen and oxygen atoms in total. The molecule has 1 saturated heterocycles. The van der Waals surface area contributed by atoms with E-state index in [0.29, 0.717) is 6.42 Å². The minimum absolute atomic E-state index is 0.0526. The third-order valence-electron chi connectivity index (χ3n) is 13.6. The first-order valence-corrected chi connectivity index (χ1v) is 27.6. The number of ether oxygens (including phenoxy) is 3. The maximum Gasteiger partial charge on any atom is 0.306 e. The van der Waals surface area contributed by atoms with Gasteiger partial charge in [0.2, 0.25) is 0 Å². The fourth-order valence-electron chi connectivity index (χ4n) is 9.24. The third-order valence-corrected chi connectivity index (χ3v) is 13.6. The van der Waals surface area contributed by atoms with Crippen LogP contribution in [0.3, 0.4) is 0 Å². The first kappa shape index (κ1) is 57.5. The van der Waals surface area contributed by atoms with Crippen molar-refractivity contribution >= 4 is 5.97 Å². The molecule has 7 heteroatoms. The van der Waals surface area contributed by atoms with Crippen LogP contribution in [0.4, 0.5) is 0 Å². The zero-order valence-electron chi connectivity index (χ0n) is 42.5. The normalized spacial score (nSPS) is 13.7. The molecular formula is C56H105N3O4. The summed E-state index contributed by atoms with van der Waals surface area (Å²) in [4.78, 5) is 21.0. The predicted octanol–water partition coefficient (Wildman–Crippen LogP) is 15.0. The Balaban J connectivity index is 1.67. The van der Waals surface area contributed by atoms with Crippen LogP contribution in [0.15, 0.2) is 24.3 Å². The molecule has 2 rings (SSSR count). The van der Waals surface area contributed by atoms with Crippen molar-refractivity contribution in [1.82, 2.24) is 14.7 Å². The average molecular weight is 884 g/mol. The van der Waals surface area contributed by atoms with Crippen LogP contribution < -0.4 is 4.74 Å². The minimum Gasteiger partial charge on any atom is -0.497 e. The molecule has 1 aliphatic heterocycles. The van der Waals surface area contributed by atoms with E-state index in [1.807, 2.05) is 0 Å². The molecule has 0 spiro atoms. The van der Waals surface area contributed by atoms with Crippen molar-refractivity contribution in [3.63, 3.8) is 0 Å². The van der Waals surface area contributed by atoms with E-state index in [1.54, 1.807) is 7.11 Å². The maximum absolute atomic E-state index is 12.9. The highest BCUT2D eigenvalue weighted by atomic mass is 16.5. The van der Waals surface area contributed by atoms with Gasteiger partial charge in [0.05, 0.1) is 7.11 Å². The monoisotopic (exact) mass is 884 g/mol. The van der Waals surface area contributed by atoms with E-state index in [4.69, 9.17) is 14.2 Å². The van der Waals surface area contributed by atoms with Gasteiger partial charge in [-0.05, 0) is 88.6 Å². The molecule has 1 aromatic rings. The Morgan fingerprint density at radius 3 is 1.44 bits per heavy atom. The van der Waals surface area contributed by atoms with Crippen molar-refractivity contribution in [2.24, 2.45) is 0 Å². The summed E-state index contributed by atoms with van der Waals surface area (Å²) in [6.45, 7) is 19.2. The summed E-state index contributed by atoms with van der Waals surface area (Å²) < 4.78 is 17.4. The van der Waals surface area contributed by atoms with Gasteiger partial charge in [-0.2, -0.15) is 0 Å². The molecule has 368 valence electrons. The highest BCUT2D eigenvalue weighted by Gasteiger charge is 2.18. The number of piperazine rings is 1. The third kappa shape index (κ3) is 34.3. The predicted molar refractivity (Wildman–Crippen MR) is 271 cm³/mol. The summed E-state index contributed by atoms with van der Waals surface area (Å²) in [6, 6.07) is 8.57. The number of esters is 1. The molecule has 0 bridgehead atoms. The Labute approximate surface area is 391 Å². The van der Waals surface area contributed by atoms with E-state index in [9.17, 15) is 4.79 Å². The zero-order valence-corrected chi connectivity index (χ0v) is 42.5. The molecule has 0 saturated carbocycles. The largest absolute Gasteiger partial charge is 0.497 e. The number of rotatable bonds is 46. The van der Waals surface area contributed by atoms with Gasteiger partial charge < -0.3 is 19.1 Å². The quantitative estimate of drug-likeness (QED) is 0.0477. The molecule has 63 heavy (non-hydrogen) atoms. The van der Waals surface area contributed by atoms with E-state index < -0.39 is 0 Å². The fraction of sp³-hybridized carbons (Fsp3) is 0.875. The SMILES string of the molecule is CCCCCCCCCOCCCCCCCCN(CCCCCCCC(=O)OC(CCCCCCCC)CCCCCCCC)CCN1CCN(Cc2ccc(OC)cc2)CC1. The van der Waals surface area contributed by atoms with Crippen LogP contribution in [-0.4, -0.2) is 99.5 Å². The van der Waals surface area contributed by atoms with E-state index in [-0.39, 0.29) is 12.1 Å². The number of carbonyl (C=O) groups is 1. The minimum atomic E-state index is 0.0526. The van der Waals surface area contributed by atoms with Crippen molar-refractivity contribution in [2.45, 2.75) is 245 Å². The van der Waals surface area contributed by atoms with Crippen LogP contribution in [0.25, 0.3) is 0 Å². The molecule has 1 aromatic carbocycles. The first-order valence-electron chi connectivity index (χ1n) is 27.6. The molecule has 0 atom stereocenters. The van der Waals surface area contributed by atoms with Gasteiger partial charge in [0, 0.05) is 65.4 Å². The maximum atomic E-state index is 12.9. The lowest BCUT2D eigenvalue weighted by molar-refractivity contribution is -0.150. The van der Waals surface area contributed by atoms with Crippen LogP contribution in [0, 0.1) is 0 Å². The molecule has 0 unspecified atom stereocenters. The number of hydrogen-bond acceptors (Lipinski definition) is 7. The summed E-state index contributed by atoms with van der Waals surface area (Å²) in [6.07, 6.45) is 41.6. The van der Waals surface area contributed by atoms with Gasteiger partial charge >= 0.3 is 5.97 Å². The lowest BCUT2D eigenvalue weighted by atomic mass is 10.0. The first-order chi connectivity index (χ1) is 31.1. The van der Waals surface area contributed by atoms with Crippen LogP contribution in [0.1, 0.15) is 238 Å². The highest BCUT2D eigenvalue weighted by molar-refractivity contribution is 5.69. The number of methoxy groups -OCH3 is 1. The number of hydrogen-bond donors (Lipinski definition) is 0. The van der Waals surface area contributed by atoms with Crippen molar-refractivity contribution in [3.05, 3.63) is 29.8 Å². The van der Waals surface area contributed by atoms with Gasteiger partial charge in [-0.25, -0.2) is 0 Å². The topological polar surface area (TPSA) is 54.5 Å². The molecule has 1 fully saturated rings. The van der Waals surface area contributed by atoms with Gasteiger partial charge in [-0.3, -0.25) is 14.6 Å². The van der Waals surface area contributed by atoms with E-state index in [0.717, 1.165) is 77.4 Å². The van der Waals surface area contributed by atoms with Crippen LogP contribution in [0.2, 0.25) is 0 Å². The Morgan fingerprint density at radius 1 is 0.524 bits per heavy atom. The fourth-order valence-corrected chi connectivity index (χ4v) is 9.24. The van der Waals surface area contributed by atoms with E-state index in [1.165, 1.54) is 212 Å². The summed E-state index contributed by atoms with van der Waals surface area (Å²) in [5, 5.41) is 0. The molecular weight excluding hydrogens is 779 g/mol. The standard InChI is InChI=1S/C56H105N3O4/c1-5-8-11-14-18-26-33-50-62-51-34-27-19-17-24-31-42-57(44-45-58-46-48-59(49-47-58)52-53-38-40-54(61-4)41-39-53)43-32-25-20-23-30-37-56(60)63-55(35-28-21-15-12-9-6-2)36-29-22-16-13-10-7-3/h38-41,55H,5-37,42-52H2,1-4H3. The van der Waals surface area contributed by atoms with Crippen LogP contribution in [0.5, 0.6) is 5.75 Å². The Hall–Kier alpha value is -1.67. The summed E-state index contributed by atoms with van der Waals surface area (Å²) >= 11 is 0. The lowest BCUT2D eigenvalue weighted by Gasteiger charge is -2.36. The second-order valence-electron chi connectivity index (χ2n) is 19.4. The summed E-state index contributed by atoms with van der Waals surface area (Å²) in [7, 11) is 1.73. The molecule has 0 amide bonds. The number of benzene rings is 1. The number of nitrogens with zero attached hydrogens (tertiary/aromatic N) is 3. The molecule has 1 heterocycles. The number of carbonyl (C=O) groups excluding carboxylic acids is 1. The van der Waals surface area contributed by atoms with E-state index in [2.05, 4.69) is 59.7 Å². The van der Waals surface area contributed by atoms with Crippen molar-refractivity contribution in [3.8, 4) is 5.75 Å². The van der Waals surface area contributed by atoms with Crippen molar-refractivity contribution < 1.29 is 19.0 Å². The van der Waals surface area contributed by atoms with Crippen molar-refractivity contribution in [2.75, 3.05) is 72.7 Å². The lowest BCUT2D eigenvalue weighted by Crippen LogP contribution is -2.48. The Morgan fingerprint density at radius 2 is 0.952 bits per heavy atom. The average Bonchev–Trinajstić information content (AvgIpc) is 3.30. The molecule has 0 aromatic heterocycles. The summed E-state index contributed by atoms with van der Waals surface area (Å²) in [5.41, 5.74) is 1.37. The van der Waals surface area contributed by atoms with Gasteiger partial charge in [0.15, 0.2) is 0 Å². The van der Waals surface area contributed by atoms with E-state index >= 15 is 0 Å². The molecule has 0 radical (unpaired) electrons. The summed E-state index contributed by atoms with van der Waals surface area (Å²) in [5.74, 6) is 0.984. The Bertz CT molecular complexity index is 1090. The molecule has 0 N–H and O–H groups in total. The van der Waals surface area contributed by atoms with Gasteiger partial charge in [-0.15, -0.1) is 0 Å². The number of unbranched alkanes of at least 4 members (excludes halogenated alkanes) is 25. The van der Waals surface area contributed by atoms with Gasteiger partial charge in [0.1, 0.15) is 11.9 Å². The van der Waals surface area contributed by atoms with Crippen LogP contribution >= 0.6 is 0 Å².